The topological polar surface area (TPSA) is 20.3 Å². The smallest absolute Gasteiger partial charge is 0.259 e. The fourth-order valence-electron chi connectivity index (χ4n) is 2.93. The summed E-state index contributed by atoms with van der Waals surface area (Å²) in [4.78, 5) is 14.2. The first-order valence-corrected chi connectivity index (χ1v) is 6.83. The maximum atomic E-state index is 13.9. The normalized spacial score (nSPS) is 13.2. The fourth-order valence-corrected chi connectivity index (χ4v) is 2.93. The van der Waals surface area contributed by atoms with E-state index >= 15 is 0 Å². The highest BCUT2D eigenvalue weighted by molar-refractivity contribution is 6.24. The van der Waals surface area contributed by atoms with Crippen molar-refractivity contribution in [2.24, 2.45) is 0 Å². The molecule has 0 saturated carbocycles. The Balaban J connectivity index is 1.85. The Morgan fingerprint density at radius 1 is 0.905 bits per heavy atom. The Labute approximate surface area is 121 Å². The molecular formula is C18H12FNO. The van der Waals surface area contributed by atoms with Gasteiger partial charge in [0, 0.05) is 16.5 Å². The molecule has 21 heavy (non-hydrogen) atoms. The molecule has 0 aliphatic carbocycles. The van der Waals surface area contributed by atoms with Crippen LogP contribution in [-0.2, 0) is 6.54 Å². The zero-order valence-electron chi connectivity index (χ0n) is 11.2. The van der Waals surface area contributed by atoms with E-state index in [1.165, 1.54) is 6.07 Å². The van der Waals surface area contributed by atoms with Crippen molar-refractivity contribution in [2.75, 3.05) is 4.90 Å². The maximum absolute atomic E-state index is 13.9. The number of carbonyl (C=O) groups is 1. The molecule has 1 heterocycles. The summed E-state index contributed by atoms with van der Waals surface area (Å²) in [6.45, 7) is 0.249. The largest absolute Gasteiger partial charge is 0.303 e. The number of hydrogen-bond donors (Lipinski definition) is 0. The third-order valence-electron chi connectivity index (χ3n) is 3.94. The van der Waals surface area contributed by atoms with Gasteiger partial charge in [-0.25, -0.2) is 4.39 Å². The van der Waals surface area contributed by atoms with Crippen LogP contribution in [0.25, 0.3) is 10.8 Å². The minimum absolute atomic E-state index is 0.0648. The molecule has 3 aromatic rings. The Bertz CT molecular complexity index is 867. The van der Waals surface area contributed by atoms with Gasteiger partial charge in [0.05, 0.1) is 12.2 Å². The van der Waals surface area contributed by atoms with E-state index in [1.807, 2.05) is 36.4 Å². The van der Waals surface area contributed by atoms with Gasteiger partial charge in [-0.15, -0.1) is 0 Å². The zero-order chi connectivity index (χ0) is 14.4. The van der Waals surface area contributed by atoms with Crippen molar-refractivity contribution in [1.82, 2.24) is 0 Å². The van der Waals surface area contributed by atoms with Crippen molar-refractivity contribution in [3.05, 3.63) is 77.6 Å². The molecule has 1 aliphatic heterocycles. The minimum Gasteiger partial charge on any atom is -0.303 e. The second-order valence-corrected chi connectivity index (χ2v) is 5.16. The number of amides is 1. The van der Waals surface area contributed by atoms with E-state index in [1.54, 1.807) is 23.1 Å². The lowest BCUT2D eigenvalue weighted by Gasteiger charge is -2.18. The highest BCUT2D eigenvalue weighted by Crippen LogP contribution is 2.38. The molecule has 0 spiro atoms. The summed E-state index contributed by atoms with van der Waals surface area (Å²) in [5, 5.41) is 2.00. The van der Waals surface area contributed by atoms with E-state index < -0.39 is 0 Å². The van der Waals surface area contributed by atoms with E-state index in [9.17, 15) is 9.18 Å². The quantitative estimate of drug-likeness (QED) is 0.689. The van der Waals surface area contributed by atoms with Gasteiger partial charge >= 0.3 is 0 Å². The Morgan fingerprint density at radius 2 is 1.67 bits per heavy atom. The highest BCUT2D eigenvalue weighted by atomic mass is 19.1. The molecular weight excluding hydrogens is 265 g/mol. The Hall–Kier alpha value is -2.68. The van der Waals surface area contributed by atoms with E-state index in [2.05, 4.69) is 0 Å². The molecule has 0 bridgehead atoms. The molecule has 0 aromatic heterocycles. The number of halogens is 1. The van der Waals surface area contributed by atoms with Crippen molar-refractivity contribution < 1.29 is 9.18 Å². The predicted octanol–water partition coefficient (Wildman–Crippen LogP) is 4.14. The molecule has 2 nitrogen and oxygen atoms in total. The first kappa shape index (κ1) is 12.1. The Morgan fingerprint density at radius 3 is 2.48 bits per heavy atom. The molecule has 0 fully saturated rings. The van der Waals surface area contributed by atoms with Crippen LogP contribution in [0.5, 0.6) is 0 Å². The van der Waals surface area contributed by atoms with Gasteiger partial charge in [-0.05, 0) is 23.6 Å². The lowest BCUT2D eigenvalue weighted by Crippen LogP contribution is -2.26. The van der Waals surface area contributed by atoms with Crippen molar-refractivity contribution in [3.8, 4) is 0 Å². The van der Waals surface area contributed by atoms with Crippen LogP contribution in [0.3, 0.4) is 0 Å². The van der Waals surface area contributed by atoms with Crippen molar-refractivity contribution in [3.63, 3.8) is 0 Å². The molecule has 0 saturated heterocycles. The third-order valence-corrected chi connectivity index (χ3v) is 3.94. The second kappa shape index (κ2) is 4.42. The molecule has 0 radical (unpaired) electrons. The van der Waals surface area contributed by atoms with Crippen LogP contribution in [0.4, 0.5) is 10.1 Å². The van der Waals surface area contributed by atoms with Crippen LogP contribution in [0, 0.1) is 5.82 Å². The van der Waals surface area contributed by atoms with Gasteiger partial charge in [0.15, 0.2) is 0 Å². The second-order valence-electron chi connectivity index (χ2n) is 5.16. The summed E-state index contributed by atoms with van der Waals surface area (Å²) < 4.78 is 13.9. The molecule has 4 rings (SSSR count). The average molecular weight is 277 g/mol. The molecule has 0 N–H and O–H groups in total. The standard InChI is InChI=1S/C18H12FNO/c19-15-9-2-1-5-13(15)11-20-16-10-4-7-12-6-3-8-14(17(12)16)18(20)21/h1-10H,11H2. The number of nitrogens with zero attached hydrogens (tertiary/aromatic N) is 1. The van der Waals surface area contributed by atoms with E-state index in [-0.39, 0.29) is 18.3 Å². The number of anilines is 1. The first-order chi connectivity index (χ1) is 10.3. The van der Waals surface area contributed by atoms with Crippen LogP contribution in [0.1, 0.15) is 15.9 Å². The molecule has 0 atom stereocenters. The van der Waals surface area contributed by atoms with Crippen LogP contribution < -0.4 is 4.90 Å². The number of rotatable bonds is 2. The van der Waals surface area contributed by atoms with Crippen LogP contribution in [0.2, 0.25) is 0 Å². The SMILES string of the molecule is O=C1c2cccc3cccc(c23)N1Cc1ccccc1F. The van der Waals surface area contributed by atoms with Gasteiger partial charge in [0.1, 0.15) is 5.82 Å². The highest BCUT2D eigenvalue weighted by Gasteiger charge is 2.29. The van der Waals surface area contributed by atoms with Gasteiger partial charge in [-0.3, -0.25) is 4.79 Å². The van der Waals surface area contributed by atoms with Gasteiger partial charge in [-0.1, -0.05) is 42.5 Å². The first-order valence-electron chi connectivity index (χ1n) is 6.83. The van der Waals surface area contributed by atoms with Crippen molar-refractivity contribution in [1.29, 1.82) is 0 Å². The van der Waals surface area contributed by atoms with Crippen molar-refractivity contribution >= 4 is 22.4 Å². The average Bonchev–Trinajstić information content (AvgIpc) is 2.78. The molecule has 3 heteroatoms. The maximum Gasteiger partial charge on any atom is 0.259 e. The summed E-state index contributed by atoms with van der Waals surface area (Å²) in [6, 6.07) is 18.1. The Kier molecular flexibility index (Phi) is 2.54. The molecule has 1 aliphatic rings. The zero-order valence-corrected chi connectivity index (χ0v) is 11.2. The van der Waals surface area contributed by atoms with Crippen LogP contribution in [-0.4, -0.2) is 5.91 Å². The van der Waals surface area contributed by atoms with E-state index in [0.29, 0.717) is 11.1 Å². The lowest BCUT2D eigenvalue weighted by atomic mass is 10.1. The van der Waals surface area contributed by atoms with E-state index in [4.69, 9.17) is 0 Å². The summed E-state index contributed by atoms with van der Waals surface area (Å²) in [5.41, 5.74) is 2.08. The van der Waals surface area contributed by atoms with Crippen LogP contribution in [0.15, 0.2) is 60.7 Å². The molecule has 102 valence electrons. The molecule has 1 amide bonds. The number of hydrogen-bond acceptors (Lipinski definition) is 1. The van der Waals surface area contributed by atoms with Gasteiger partial charge in [0.2, 0.25) is 0 Å². The van der Waals surface area contributed by atoms with Gasteiger partial charge < -0.3 is 4.90 Å². The van der Waals surface area contributed by atoms with Gasteiger partial charge in [0.25, 0.3) is 5.91 Å². The lowest BCUT2D eigenvalue weighted by molar-refractivity contribution is 0.0991. The summed E-state index contributed by atoms with van der Waals surface area (Å²) in [6.07, 6.45) is 0. The molecule has 0 unspecified atom stereocenters. The minimum atomic E-state index is -0.284. The third kappa shape index (κ3) is 1.74. The summed E-state index contributed by atoms with van der Waals surface area (Å²) >= 11 is 0. The summed E-state index contributed by atoms with van der Waals surface area (Å²) in [7, 11) is 0. The number of benzene rings is 3. The summed E-state index contributed by atoms with van der Waals surface area (Å²) in [5.74, 6) is -0.349. The fraction of sp³-hybridized carbons (Fsp3) is 0.0556. The van der Waals surface area contributed by atoms with E-state index in [0.717, 1.165) is 16.5 Å². The number of carbonyl (C=O) groups excluding carboxylic acids is 1. The monoisotopic (exact) mass is 277 g/mol. The molecule has 3 aromatic carbocycles. The van der Waals surface area contributed by atoms with Crippen molar-refractivity contribution in [2.45, 2.75) is 6.54 Å². The predicted molar refractivity (Wildman–Crippen MR) is 80.9 cm³/mol. The van der Waals surface area contributed by atoms with Gasteiger partial charge in [-0.2, -0.15) is 0 Å². The van der Waals surface area contributed by atoms with Crippen LogP contribution >= 0.6 is 0 Å².